The Bertz CT molecular complexity index is 177. The minimum Gasteiger partial charge on any atom is -0.330 e. The summed E-state index contributed by atoms with van der Waals surface area (Å²) in [5.41, 5.74) is 6.40. The van der Waals surface area contributed by atoms with Gasteiger partial charge in [-0.1, -0.05) is 13.3 Å². The first-order valence-corrected chi connectivity index (χ1v) is 6.20. The topological polar surface area (TPSA) is 29.3 Å². The van der Waals surface area contributed by atoms with Gasteiger partial charge in [0.2, 0.25) is 0 Å². The van der Waals surface area contributed by atoms with E-state index in [9.17, 15) is 0 Å². The second kappa shape index (κ2) is 4.19. The van der Waals surface area contributed by atoms with Crippen LogP contribution in [0.15, 0.2) is 0 Å². The molecule has 0 bridgehead atoms. The third-order valence-electron chi connectivity index (χ3n) is 4.07. The lowest BCUT2D eigenvalue weighted by molar-refractivity contribution is 0.0750. The summed E-state index contributed by atoms with van der Waals surface area (Å²) in [4.78, 5) is 2.63. The molecular weight excluding hydrogens is 172 g/mol. The molecule has 0 amide bonds. The molecule has 2 saturated carbocycles. The van der Waals surface area contributed by atoms with E-state index in [0.29, 0.717) is 5.41 Å². The molecule has 0 heterocycles. The molecule has 14 heavy (non-hydrogen) atoms. The average Bonchev–Trinajstić information content (AvgIpc) is 2.93. The molecule has 0 aromatic heterocycles. The molecule has 2 N–H and O–H groups in total. The van der Waals surface area contributed by atoms with E-state index < -0.39 is 0 Å². The summed E-state index contributed by atoms with van der Waals surface area (Å²) in [5, 5.41) is 0. The molecule has 2 aliphatic rings. The van der Waals surface area contributed by atoms with E-state index in [4.69, 9.17) is 5.73 Å². The molecule has 0 spiro atoms. The van der Waals surface area contributed by atoms with Gasteiger partial charge in [0.15, 0.2) is 0 Å². The quantitative estimate of drug-likeness (QED) is 0.702. The van der Waals surface area contributed by atoms with Crippen molar-refractivity contribution in [1.82, 2.24) is 4.90 Å². The second-order valence-electron chi connectivity index (χ2n) is 5.33. The minimum absolute atomic E-state index is 0.505. The summed E-state index contributed by atoms with van der Waals surface area (Å²) in [6, 6.07) is 0. The molecule has 0 aliphatic heterocycles. The lowest BCUT2D eigenvalue weighted by Gasteiger charge is -2.44. The van der Waals surface area contributed by atoms with E-state index in [1.807, 2.05) is 0 Å². The van der Waals surface area contributed by atoms with Crippen molar-refractivity contribution in [3.05, 3.63) is 0 Å². The fourth-order valence-electron chi connectivity index (χ4n) is 2.55. The average molecular weight is 196 g/mol. The van der Waals surface area contributed by atoms with Gasteiger partial charge in [-0.05, 0) is 50.1 Å². The van der Waals surface area contributed by atoms with Crippen LogP contribution in [0.2, 0.25) is 0 Å². The minimum atomic E-state index is 0.505. The standard InChI is InChI=1S/C12H24N2/c1-2-14(8-11-4-5-11)10-12(9-13)6-3-7-12/h11H,2-10,13H2,1H3. The maximum atomic E-state index is 5.89. The van der Waals surface area contributed by atoms with Gasteiger partial charge in [0, 0.05) is 13.1 Å². The number of nitrogens with two attached hydrogens (primary N) is 1. The highest BCUT2D eigenvalue weighted by Gasteiger charge is 2.37. The van der Waals surface area contributed by atoms with E-state index in [-0.39, 0.29) is 0 Å². The molecule has 2 aliphatic carbocycles. The Balaban J connectivity index is 1.79. The van der Waals surface area contributed by atoms with Crippen LogP contribution in [-0.4, -0.2) is 31.1 Å². The van der Waals surface area contributed by atoms with Crippen LogP contribution >= 0.6 is 0 Å². The molecule has 2 heteroatoms. The van der Waals surface area contributed by atoms with Crippen molar-refractivity contribution < 1.29 is 0 Å². The van der Waals surface area contributed by atoms with Crippen LogP contribution < -0.4 is 5.73 Å². The Morgan fingerprint density at radius 2 is 2.07 bits per heavy atom. The molecule has 0 aromatic carbocycles. The van der Waals surface area contributed by atoms with E-state index in [1.165, 1.54) is 51.7 Å². The van der Waals surface area contributed by atoms with Crippen molar-refractivity contribution in [2.75, 3.05) is 26.2 Å². The number of hydrogen-bond acceptors (Lipinski definition) is 2. The van der Waals surface area contributed by atoms with Crippen LogP contribution in [0, 0.1) is 11.3 Å². The highest BCUT2D eigenvalue weighted by Crippen LogP contribution is 2.41. The van der Waals surface area contributed by atoms with Gasteiger partial charge in [-0.25, -0.2) is 0 Å². The molecule has 82 valence electrons. The van der Waals surface area contributed by atoms with Crippen molar-refractivity contribution in [2.45, 2.75) is 39.0 Å². The summed E-state index contributed by atoms with van der Waals surface area (Å²) >= 11 is 0. The van der Waals surface area contributed by atoms with Gasteiger partial charge in [0.05, 0.1) is 0 Å². The van der Waals surface area contributed by atoms with Crippen LogP contribution in [0.25, 0.3) is 0 Å². The van der Waals surface area contributed by atoms with E-state index in [1.54, 1.807) is 0 Å². The first kappa shape index (κ1) is 10.4. The number of nitrogens with zero attached hydrogens (tertiary/aromatic N) is 1. The van der Waals surface area contributed by atoms with Crippen LogP contribution in [0.3, 0.4) is 0 Å². The van der Waals surface area contributed by atoms with Gasteiger partial charge in [-0.2, -0.15) is 0 Å². The van der Waals surface area contributed by atoms with Gasteiger partial charge in [0.25, 0.3) is 0 Å². The second-order valence-corrected chi connectivity index (χ2v) is 5.33. The highest BCUT2D eigenvalue weighted by atomic mass is 15.1. The highest BCUT2D eigenvalue weighted by molar-refractivity contribution is 4.92. The monoisotopic (exact) mass is 196 g/mol. The molecule has 0 radical (unpaired) electrons. The van der Waals surface area contributed by atoms with Crippen molar-refractivity contribution in [3.63, 3.8) is 0 Å². The SMILES string of the molecule is CCN(CC1CC1)CC1(CN)CCC1. The van der Waals surface area contributed by atoms with Crippen molar-refractivity contribution >= 4 is 0 Å². The third-order valence-corrected chi connectivity index (χ3v) is 4.07. The van der Waals surface area contributed by atoms with E-state index in [2.05, 4.69) is 11.8 Å². The Kier molecular flexibility index (Phi) is 3.13. The molecule has 2 nitrogen and oxygen atoms in total. The fraction of sp³-hybridized carbons (Fsp3) is 1.00. The van der Waals surface area contributed by atoms with Gasteiger partial charge in [-0.3, -0.25) is 0 Å². The van der Waals surface area contributed by atoms with Crippen molar-refractivity contribution in [1.29, 1.82) is 0 Å². The van der Waals surface area contributed by atoms with Crippen LogP contribution in [-0.2, 0) is 0 Å². The van der Waals surface area contributed by atoms with Gasteiger partial charge in [-0.15, -0.1) is 0 Å². The predicted octanol–water partition coefficient (Wildman–Crippen LogP) is 1.85. The Labute approximate surface area is 87.8 Å². The summed E-state index contributed by atoms with van der Waals surface area (Å²) in [5.74, 6) is 1.02. The lowest BCUT2D eigenvalue weighted by Crippen LogP contribution is -2.47. The zero-order valence-corrected chi connectivity index (χ0v) is 9.47. The zero-order valence-electron chi connectivity index (χ0n) is 9.47. The van der Waals surface area contributed by atoms with Gasteiger partial charge >= 0.3 is 0 Å². The first-order valence-electron chi connectivity index (χ1n) is 6.20. The number of rotatable bonds is 6. The van der Waals surface area contributed by atoms with Gasteiger partial charge < -0.3 is 10.6 Å². The third kappa shape index (κ3) is 2.29. The van der Waals surface area contributed by atoms with E-state index >= 15 is 0 Å². The Morgan fingerprint density at radius 1 is 1.36 bits per heavy atom. The van der Waals surface area contributed by atoms with Gasteiger partial charge in [0.1, 0.15) is 0 Å². The molecule has 0 atom stereocenters. The summed E-state index contributed by atoms with van der Waals surface area (Å²) in [6.07, 6.45) is 7.06. The van der Waals surface area contributed by atoms with Crippen LogP contribution in [0.1, 0.15) is 39.0 Å². The Morgan fingerprint density at radius 3 is 2.43 bits per heavy atom. The maximum Gasteiger partial charge on any atom is 0.00501 e. The van der Waals surface area contributed by atoms with Crippen LogP contribution in [0.4, 0.5) is 0 Å². The fourth-order valence-corrected chi connectivity index (χ4v) is 2.55. The summed E-state index contributed by atoms with van der Waals surface area (Å²) < 4.78 is 0. The van der Waals surface area contributed by atoms with E-state index in [0.717, 1.165) is 12.5 Å². The molecule has 0 unspecified atom stereocenters. The first-order chi connectivity index (χ1) is 6.78. The summed E-state index contributed by atoms with van der Waals surface area (Å²) in [6.45, 7) is 6.98. The predicted molar refractivity (Wildman–Crippen MR) is 60.2 cm³/mol. The summed E-state index contributed by atoms with van der Waals surface area (Å²) in [7, 11) is 0. The largest absolute Gasteiger partial charge is 0.330 e. The maximum absolute atomic E-state index is 5.89. The molecule has 2 fully saturated rings. The molecule has 0 aromatic rings. The molecular formula is C12H24N2. The molecule has 2 rings (SSSR count). The molecule has 0 saturated heterocycles. The van der Waals surface area contributed by atoms with Crippen molar-refractivity contribution in [3.8, 4) is 0 Å². The lowest BCUT2D eigenvalue weighted by atomic mass is 9.68. The number of hydrogen-bond donors (Lipinski definition) is 1. The Hall–Kier alpha value is -0.0800. The normalized spacial score (nSPS) is 25.1. The van der Waals surface area contributed by atoms with Crippen molar-refractivity contribution in [2.24, 2.45) is 17.1 Å². The smallest absolute Gasteiger partial charge is 0.00501 e. The van der Waals surface area contributed by atoms with Crippen LogP contribution in [0.5, 0.6) is 0 Å². The zero-order chi connectivity index (χ0) is 10.0.